The summed E-state index contributed by atoms with van der Waals surface area (Å²) in [5.74, 6) is 1.20. The molecule has 0 radical (unpaired) electrons. The predicted molar refractivity (Wildman–Crippen MR) is 110 cm³/mol. The van der Waals surface area contributed by atoms with Gasteiger partial charge in [-0.3, -0.25) is 4.79 Å². The van der Waals surface area contributed by atoms with Crippen LogP contribution in [0.2, 0.25) is 10.0 Å². The van der Waals surface area contributed by atoms with E-state index in [0.717, 1.165) is 12.8 Å². The Morgan fingerprint density at radius 3 is 2.50 bits per heavy atom. The molecule has 2 heterocycles. The van der Waals surface area contributed by atoms with E-state index in [0.29, 0.717) is 30.0 Å². The average molecular weight is 456 g/mol. The minimum Gasteiger partial charge on any atom is -0.476 e. The average Bonchev–Trinajstić information content (AvgIpc) is 2.67. The molecule has 0 saturated heterocycles. The lowest BCUT2D eigenvalue weighted by atomic mass is 9.83. The first-order valence-electron chi connectivity index (χ1n) is 9.52. The lowest BCUT2D eigenvalue weighted by Gasteiger charge is -2.35. The highest BCUT2D eigenvalue weighted by atomic mass is 35.5. The van der Waals surface area contributed by atoms with Gasteiger partial charge in [0.2, 0.25) is 17.7 Å². The zero-order valence-corrected chi connectivity index (χ0v) is 18.2. The van der Waals surface area contributed by atoms with Crippen molar-refractivity contribution >= 4 is 29.1 Å². The molecule has 1 amide bonds. The van der Waals surface area contributed by atoms with Gasteiger partial charge in [-0.05, 0) is 25.7 Å². The third kappa shape index (κ3) is 6.65. The second kappa shape index (κ2) is 10.7. The summed E-state index contributed by atoms with van der Waals surface area (Å²) in [6.07, 6.45) is 6.24. The first kappa shape index (κ1) is 22.5. The molecule has 1 fully saturated rings. The molecule has 2 aromatic rings. The number of amides is 1. The first-order valence-corrected chi connectivity index (χ1v) is 10.3. The van der Waals surface area contributed by atoms with Crippen LogP contribution in [0.25, 0.3) is 0 Å². The number of nitrogens with one attached hydrogen (secondary N) is 1. The molecule has 0 aliphatic heterocycles. The van der Waals surface area contributed by atoms with E-state index in [1.165, 1.54) is 25.6 Å². The topological polar surface area (TPSA) is 108 Å². The smallest absolute Gasteiger partial charge is 0.240 e. The summed E-state index contributed by atoms with van der Waals surface area (Å²) in [6, 6.07) is -0.00526. The highest BCUT2D eigenvalue weighted by Crippen LogP contribution is 2.34. The van der Waals surface area contributed by atoms with E-state index >= 15 is 0 Å². The van der Waals surface area contributed by atoms with Gasteiger partial charge in [0.05, 0.1) is 24.3 Å². The van der Waals surface area contributed by atoms with Crippen LogP contribution in [0.4, 0.5) is 0 Å². The minimum atomic E-state index is -0.0586. The molecule has 9 nitrogen and oxygen atoms in total. The molecule has 0 aromatic carbocycles. The van der Waals surface area contributed by atoms with Crippen LogP contribution in [0.5, 0.6) is 11.8 Å². The number of hydrogen-bond donors (Lipinski definition) is 1. The van der Waals surface area contributed by atoms with E-state index in [4.69, 9.17) is 37.4 Å². The van der Waals surface area contributed by atoms with Crippen molar-refractivity contribution in [1.29, 1.82) is 0 Å². The van der Waals surface area contributed by atoms with E-state index in [-0.39, 0.29) is 41.4 Å². The maximum atomic E-state index is 11.0. The van der Waals surface area contributed by atoms with Crippen molar-refractivity contribution < 1.29 is 19.0 Å². The van der Waals surface area contributed by atoms with E-state index in [1.54, 1.807) is 0 Å². The highest BCUT2D eigenvalue weighted by Gasteiger charge is 2.31. The number of hydrogen-bond acceptors (Lipinski definition) is 8. The van der Waals surface area contributed by atoms with Crippen LogP contribution >= 0.6 is 23.2 Å². The lowest BCUT2D eigenvalue weighted by Crippen LogP contribution is -2.40. The van der Waals surface area contributed by atoms with Crippen molar-refractivity contribution in [3.8, 4) is 11.8 Å². The van der Waals surface area contributed by atoms with E-state index in [9.17, 15) is 4.79 Å². The van der Waals surface area contributed by atoms with Crippen molar-refractivity contribution in [2.75, 3.05) is 13.2 Å². The van der Waals surface area contributed by atoms with Gasteiger partial charge in [0.25, 0.3) is 0 Å². The minimum absolute atomic E-state index is 0.00526. The Morgan fingerprint density at radius 2 is 1.83 bits per heavy atom. The van der Waals surface area contributed by atoms with Gasteiger partial charge in [-0.25, -0.2) is 19.9 Å². The van der Waals surface area contributed by atoms with Crippen molar-refractivity contribution in [3.63, 3.8) is 0 Å². The van der Waals surface area contributed by atoms with Crippen molar-refractivity contribution in [2.24, 2.45) is 5.92 Å². The fourth-order valence-electron chi connectivity index (χ4n) is 2.90. The van der Waals surface area contributed by atoms with E-state index in [1.807, 2.05) is 6.92 Å². The zero-order valence-electron chi connectivity index (χ0n) is 16.7. The Hall–Kier alpha value is -2.23. The standard InChI is InChI=1S/C19H23Cl2N5O4/c1-11(26-12(2)27)7-28-15-3-13(4-15)8-29-18-17(21)19(25-10-24-18)30-9-16-22-5-14(20)6-23-16/h5-6,10-11,13,15H,3-4,7-9H2,1-2H3,(H,26,27)/t11-,13-,15-/m0/s1. The molecule has 1 aliphatic carbocycles. The lowest BCUT2D eigenvalue weighted by molar-refractivity contribution is -0.120. The van der Waals surface area contributed by atoms with Crippen LogP contribution in [0.3, 0.4) is 0 Å². The molecule has 3 rings (SSSR count). The van der Waals surface area contributed by atoms with Gasteiger partial charge in [0.15, 0.2) is 10.8 Å². The van der Waals surface area contributed by atoms with Gasteiger partial charge >= 0.3 is 0 Å². The Bertz CT molecular complexity index is 849. The summed E-state index contributed by atoms with van der Waals surface area (Å²) in [6.45, 7) is 4.46. The molecule has 1 aliphatic rings. The van der Waals surface area contributed by atoms with Gasteiger partial charge in [0, 0.05) is 25.4 Å². The fourth-order valence-corrected chi connectivity index (χ4v) is 3.20. The third-order valence-corrected chi connectivity index (χ3v) is 4.94. The normalized spacial score (nSPS) is 18.9. The molecular formula is C19H23Cl2N5O4. The summed E-state index contributed by atoms with van der Waals surface area (Å²) in [5.41, 5.74) is 0. The molecular weight excluding hydrogens is 433 g/mol. The predicted octanol–water partition coefficient (Wildman–Crippen LogP) is 2.85. The van der Waals surface area contributed by atoms with Crippen LogP contribution in [0, 0.1) is 5.92 Å². The highest BCUT2D eigenvalue weighted by molar-refractivity contribution is 6.33. The van der Waals surface area contributed by atoms with Gasteiger partial charge in [-0.1, -0.05) is 23.2 Å². The largest absolute Gasteiger partial charge is 0.476 e. The number of rotatable bonds is 10. The Balaban J connectivity index is 1.40. The number of aromatic nitrogens is 4. The van der Waals surface area contributed by atoms with Crippen molar-refractivity contribution in [1.82, 2.24) is 25.3 Å². The number of carbonyl (C=O) groups is 1. The fraction of sp³-hybridized carbons (Fsp3) is 0.526. The van der Waals surface area contributed by atoms with Crippen LogP contribution in [0.15, 0.2) is 18.7 Å². The molecule has 0 unspecified atom stereocenters. The van der Waals surface area contributed by atoms with Gasteiger partial charge < -0.3 is 19.5 Å². The zero-order chi connectivity index (χ0) is 21.5. The molecule has 1 N–H and O–H groups in total. The molecule has 30 heavy (non-hydrogen) atoms. The van der Waals surface area contributed by atoms with Gasteiger partial charge in [-0.2, -0.15) is 0 Å². The molecule has 0 bridgehead atoms. The van der Waals surface area contributed by atoms with Crippen molar-refractivity contribution in [3.05, 3.63) is 34.6 Å². The number of nitrogens with zero attached hydrogens (tertiary/aromatic N) is 4. The Morgan fingerprint density at radius 1 is 1.17 bits per heavy atom. The van der Waals surface area contributed by atoms with Crippen LogP contribution in [-0.2, 0) is 16.1 Å². The molecule has 1 atom stereocenters. The van der Waals surface area contributed by atoms with E-state index < -0.39 is 0 Å². The maximum Gasteiger partial charge on any atom is 0.240 e. The summed E-state index contributed by atoms with van der Waals surface area (Å²) < 4.78 is 17.1. The summed E-state index contributed by atoms with van der Waals surface area (Å²) in [5, 5.41) is 3.44. The van der Waals surface area contributed by atoms with Crippen LogP contribution in [0.1, 0.15) is 32.5 Å². The second-order valence-corrected chi connectivity index (χ2v) is 7.92. The monoisotopic (exact) mass is 455 g/mol. The molecule has 2 aromatic heterocycles. The molecule has 11 heteroatoms. The number of ether oxygens (including phenoxy) is 3. The Labute approximate surface area is 184 Å². The molecule has 162 valence electrons. The quantitative estimate of drug-likeness (QED) is 0.582. The summed E-state index contributed by atoms with van der Waals surface area (Å²) >= 11 is 12.1. The van der Waals surface area contributed by atoms with Gasteiger partial charge in [-0.15, -0.1) is 0 Å². The first-order chi connectivity index (χ1) is 14.4. The summed E-state index contributed by atoms with van der Waals surface area (Å²) in [4.78, 5) is 27.2. The number of halogens is 2. The SMILES string of the molecule is CC(=O)N[C@@H](C)CO[C@H]1C[C@H](COc2ncnc(OCc3ncc(Cl)cn3)c2Cl)C1. The number of carbonyl (C=O) groups excluding carboxylic acids is 1. The van der Waals surface area contributed by atoms with Crippen molar-refractivity contribution in [2.45, 2.75) is 45.4 Å². The molecule has 0 spiro atoms. The summed E-state index contributed by atoms with van der Waals surface area (Å²) in [7, 11) is 0. The van der Waals surface area contributed by atoms with Gasteiger partial charge in [0.1, 0.15) is 12.9 Å². The van der Waals surface area contributed by atoms with E-state index in [2.05, 4.69) is 25.3 Å². The maximum absolute atomic E-state index is 11.0. The molecule has 1 saturated carbocycles. The van der Waals surface area contributed by atoms with Crippen LogP contribution < -0.4 is 14.8 Å². The van der Waals surface area contributed by atoms with Crippen LogP contribution in [-0.4, -0.2) is 51.2 Å². The third-order valence-electron chi connectivity index (χ3n) is 4.42. The second-order valence-electron chi connectivity index (χ2n) is 7.11. The Kier molecular flexibility index (Phi) is 8.01.